The van der Waals surface area contributed by atoms with E-state index in [4.69, 9.17) is 9.47 Å². The van der Waals surface area contributed by atoms with Crippen LogP contribution in [0.4, 0.5) is 4.39 Å². The van der Waals surface area contributed by atoms with Crippen LogP contribution in [0.25, 0.3) is 5.65 Å². The Morgan fingerprint density at radius 1 is 1.03 bits per heavy atom. The summed E-state index contributed by atoms with van der Waals surface area (Å²) in [6.07, 6.45) is 3.94. The molecule has 2 heterocycles. The van der Waals surface area contributed by atoms with Gasteiger partial charge in [0.2, 0.25) is 0 Å². The Morgan fingerprint density at radius 2 is 1.87 bits per heavy atom. The molecule has 4 aromatic rings. The molecule has 0 fully saturated rings. The van der Waals surface area contributed by atoms with Crippen LogP contribution in [-0.2, 0) is 6.61 Å². The summed E-state index contributed by atoms with van der Waals surface area (Å²) in [7, 11) is 0. The van der Waals surface area contributed by atoms with E-state index < -0.39 is 0 Å². The van der Waals surface area contributed by atoms with Crippen molar-refractivity contribution in [3.05, 3.63) is 95.7 Å². The zero-order valence-electron chi connectivity index (χ0n) is 17.0. The van der Waals surface area contributed by atoms with Crippen molar-refractivity contribution in [2.24, 2.45) is 0 Å². The zero-order chi connectivity index (χ0) is 21.6. The number of aryl methyl sites for hydroxylation is 1. The van der Waals surface area contributed by atoms with E-state index in [1.165, 1.54) is 12.1 Å². The van der Waals surface area contributed by atoms with Gasteiger partial charge in [-0.3, -0.25) is 4.79 Å². The molecule has 0 bridgehead atoms. The van der Waals surface area contributed by atoms with Crippen molar-refractivity contribution in [3.63, 3.8) is 0 Å². The lowest BCUT2D eigenvalue weighted by Gasteiger charge is -2.09. The number of hydrogen-bond donors (Lipinski definition) is 1. The summed E-state index contributed by atoms with van der Waals surface area (Å²) in [6.45, 7) is 2.93. The third kappa shape index (κ3) is 5.39. The molecule has 0 aliphatic rings. The Kier molecular flexibility index (Phi) is 6.12. The summed E-state index contributed by atoms with van der Waals surface area (Å²) in [4.78, 5) is 16.9. The van der Waals surface area contributed by atoms with E-state index in [1.807, 2.05) is 35.9 Å². The molecule has 7 heteroatoms. The number of hydrogen-bond acceptors (Lipinski definition) is 4. The quantitative estimate of drug-likeness (QED) is 0.436. The topological polar surface area (TPSA) is 64.9 Å². The lowest BCUT2D eigenvalue weighted by molar-refractivity contribution is 0.0946. The lowest BCUT2D eigenvalue weighted by Crippen LogP contribution is -2.28. The monoisotopic (exact) mass is 419 g/mol. The van der Waals surface area contributed by atoms with E-state index in [-0.39, 0.29) is 18.3 Å². The zero-order valence-corrected chi connectivity index (χ0v) is 17.0. The summed E-state index contributed by atoms with van der Waals surface area (Å²) in [5, 5.41) is 2.80. The predicted molar refractivity (Wildman–Crippen MR) is 115 cm³/mol. The summed E-state index contributed by atoms with van der Waals surface area (Å²) in [6, 6.07) is 16.7. The van der Waals surface area contributed by atoms with E-state index in [2.05, 4.69) is 10.3 Å². The number of pyridine rings is 1. The van der Waals surface area contributed by atoms with Gasteiger partial charge >= 0.3 is 0 Å². The van der Waals surface area contributed by atoms with Gasteiger partial charge < -0.3 is 19.2 Å². The van der Waals surface area contributed by atoms with Gasteiger partial charge in [-0.1, -0.05) is 12.1 Å². The van der Waals surface area contributed by atoms with E-state index >= 15 is 0 Å². The van der Waals surface area contributed by atoms with Crippen LogP contribution in [0.5, 0.6) is 11.5 Å². The number of rotatable bonds is 8. The number of amides is 1. The molecule has 0 atom stereocenters. The standard InChI is InChI=1S/C24H22FN3O3/c1-17-5-10-23-27-20(15-28(23)14-17)16-31-22-4-2-3-18(13-22)24(29)26-11-12-30-21-8-6-19(25)7-9-21/h2-10,13-15H,11-12,16H2,1H3,(H,26,29). The van der Waals surface area contributed by atoms with Crippen LogP contribution in [0.3, 0.4) is 0 Å². The van der Waals surface area contributed by atoms with Crippen LogP contribution >= 0.6 is 0 Å². The first kappa shape index (κ1) is 20.4. The second-order valence-corrected chi connectivity index (χ2v) is 7.08. The highest BCUT2D eigenvalue weighted by molar-refractivity contribution is 5.94. The third-order valence-corrected chi connectivity index (χ3v) is 4.60. The van der Waals surface area contributed by atoms with Crippen LogP contribution in [0, 0.1) is 12.7 Å². The minimum absolute atomic E-state index is 0.226. The molecule has 2 aromatic carbocycles. The molecule has 0 saturated heterocycles. The Labute approximate surface area is 179 Å². The van der Waals surface area contributed by atoms with Crippen molar-refractivity contribution in [1.82, 2.24) is 14.7 Å². The predicted octanol–water partition coefficient (Wildman–Crippen LogP) is 4.17. The van der Waals surface area contributed by atoms with Crippen molar-refractivity contribution in [3.8, 4) is 11.5 Å². The second-order valence-electron chi connectivity index (χ2n) is 7.08. The van der Waals surface area contributed by atoms with Crippen molar-refractivity contribution in [2.45, 2.75) is 13.5 Å². The van der Waals surface area contributed by atoms with Gasteiger partial charge in [-0.15, -0.1) is 0 Å². The van der Waals surface area contributed by atoms with Crippen LogP contribution in [0.15, 0.2) is 73.1 Å². The van der Waals surface area contributed by atoms with Gasteiger partial charge in [0, 0.05) is 18.0 Å². The Hall–Kier alpha value is -3.87. The smallest absolute Gasteiger partial charge is 0.251 e. The molecular weight excluding hydrogens is 397 g/mol. The van der Waals surface area contributed by atoms with E-state index in [9.17, 15) is 9.18 Å². The van der Waals surface area contributed by atoms with Gasteiger partial charge in [0.05, 0.1) is 12.2 Å². The molecule has 31 heavy (non-hydrogen) atoms. The lowest BCUT2D eigenvalue weighted by atomic mass is 10.2. The van der Waals surface area contributed by atoms with Crippen LogP contribution in [0.1, 0.15) is 21.6 Å². The van der Waals surface area contributed by atoms with E-state index in [0.29, 0.717) is 30.2 Å². The molecule has 4 rings (SSSR count). The number of benzene rings is 2. The maximum absolute atomic E-state index is 12.9. The molecule has 0 unspecified atom stereocenters. The molecular formula is C24H22FN3O3. The molecule has 0 saturated carbocycles. The minimum atomic E-state index is -0.320. The highest BCUT2D eigenvalue weighted by atomic mass is 19.1. The minimum Gasteiger partial charge on any atom is -0.492 e. The third-order valence-electron chi connectivity index (χ3n) is 4.60. The van der Waals surface area contributed by atoms with Gasteiger partial charge in [0.1, 0.15) is 36.2 Å². The fourth-order valence-electron chi connectivity index (χ4n) is 3.08. The van der Waals surface area contributed by atoms with Gasteiger partial charge in [-0.25, -0.2) is 9.37 Å². The normalized spacial score (nSPS) is 10.8. The number of nitrogens with one attached hydrogen (secondary N) is 1. The molecule has 0 radical (unpaired) electrons. The molecule has 158 valence electrons. The maximum Gasteiger partial charge on any atom is 0.251 e. The van der Waals surface area contributed by atoms with Crippen molar-refractivity contribution in [1.29, 1.82) is 0 Å². The van der Waals surface area contributed by atoms with Crippen LogP contribution in [0.2, 0.25) is 0 Å². The number of nitrogens with zero attached hydrogens (tertiary/aromatic N) is 2. The Balaban J connectivity index is 1.28. The number of halogens is 1. The maximum atomic E-state index is 12.9. The highest BCUT2D eigenvalue weighted by Gasteiger charge is 2.08. The summed E-state index contributed by atoms with van der Waals surface area (Å²) >= 11 is 0. The first-order chi connectivity index (χ1) is 15.1. The molecule has 0 aliphatic carbocycles. The number of ether oxygens (including phenoxy) is 2. The van der Waals surface area contributed by atoms with Crippen molar-refractivity contribution >= 4 is 11.6 Å². The van der Waals surface area contributed by atoms with Crippen molar-refractivity contribution < 1.29 is 18.7 Å². The number of imidazole rings is 1. The van der Waals surface area contributed by atoms with Gasteiger partial charge in [0.25, 0.3) is 5.91 Å². The molecule has 6 nitrogen and oxygen atoms in total. The van der Waals surface area contributed by atoms with Gasteiger partial charge in [-0.05, 0) is 61.0 Å². The summed E-state index contributed by atoms with van der Waals surface area (Å²) in [5.74, 6) is 0.590. The average molecular weight is 419 g/mol. The van der Waals surface area contributed by atoms with E-state index in [1.54, 1.807) is 36.4 Å². The SMILES string of the molecule is Cc1ccc2nc(COc3cccc(C(=O)NCCOc4ccc(F)cc4)c3)cn2c1. The van der Waals surface area contributed by atoms with Crippen molar-refractivity contribution in [2.75, 3.05) is 13.2 Å². The van der Waals surface area contributed by atoms with Gasteiger partial charge in [-0.2, -0.15) is 0 Å². The first-order valence-electron chi connectivity index (χ1n) is 9.90. The second kappa shape index (κ2) is 9.30. The first-order valence-corrected chi connectivity index (χ1v) is 9.90. The Bertz CT molecular complexity index is 1190. The highest BCUT2D eigenvalue weighted by Crippen LogP contribution is 2.16. The number of aromatic nitrogens is 2. The summed E-state index contributed by atoms with van der Waals surface area (Å²) < 4.78 is 26.2. The molecule has 1 N–H and O–H groups in total. The fourth-order valence-corrected chi connectivity index (χ4v) is 3.08. The average Bonchev–Trinajstić information content (AvgIpc) is 3.18. The number of carbonyl (C=O) groups excluding carboxylic acids is 1. The fraction of sp³-hybridized carbons (Fsp3) is 0.167. The molecule has 0 aliphatic heterocycles. The Morgan fingerprint density at radius 3 is 2.71 bits per heavy atom. The molecule has 0 spiro atoms. The molecule has 2 aromatic heterocycles. The number of fused-ring (bicyclic) bond motifs is 1. The van der Waals surface area contributed by atoms with Crippen LogP contribution in [-0.4, -0.2) is 28.4 Å². The molecule has 1 amide bonds. The van der Waals surface area contributed by atoms with E-state index in [0.717, 1.165) is 16.9 Å². The van der Waals surface area contributed by atoms with Gasteiger partial charge in [0.15, 0.2) is 0 Å². The number of carbonyl (C=O) groups is 1. The summed E-state index contributed by atoms with van der Waals surface area (Å²) in [5.41, 5.74) is 3.31. The largest absolute Gasteiger partial charge is 0.492 e. The van der Waals surface area contributed by atoms with Crippen LogP contribution < -0.4 is 14.8 Å².